The van der Waals surface area contributed by atoms with Crippen LogP contribution in [-0.4, -0.2) is 19.7 Å². The number of hydrogen-bond donors (Lipinski definition) is 0. The normalized spacial score (nSPS) is 11.9. The van der Waals surface area contributed by atoms with Gasteiger partial charge >= 0.3 is 6.23 Å². The molecule has 7 heteroatoms. The first-order valence-corrected chi connectivity index (χ1v) is 6.95. The summed E-state index contributed by atoms with van der Waals surface area (Å²) in [7, 11) is 1.80. The SMILES string of the molecule is Cn1nccc1-c1ccccc1OC(c1ccccn1)[N+](=O)[O-]. The van der Waals surface area contributed by atoms with Crippen molar-refractivity contribution in [1.29, 1.82) is 0 Å². The smallest absolute Gasteiger partial charge is 0.397 e. The van der Waals surface area contributed by atoms with Gasteiger partial charge in [-0.2, -0.15) is 5.10 Å². The molecule has 0 aliphatic carbocycles. The summed E-state index contributed by atoms with van der Waals surface area (Å²) in [6.07, 6.45) is 1.79. The van der Waals surface area contributed by atoms with Gasteiger partial charge in [-0.1, -0.05) is 18.2 Å². The number of rotatable bonds is 5. The summed E-state index contributed by atoms with van der Waals surface area (Å²) in [5.41, 5.74) is 1.79. The molecule has 7 nitrogen and oxygen atoms in total. The van der Waals surface area contributed by atoms with Crippen LogP contribution >= 0.6 is 0 Å². The zero-order chi connectivity index (χ0) is 16.2. The van der Waals surface area contributed by atoms with Crippen LogP contribution in [0.4, 0.5) is 0 Å². The minimum Gasteiger partial charge on any atom is -0.425 e. The van der Waals surface area contributed by atoms with Crippen molar-refractivity contribution in [3.8, 4) is 17.0 Å². The number of pyridine rings is 1. The highest BCUT2D eigenvalue weighted by Crippen LogP contribution is 2.32. The first kappa shape index (κ1) is 14.7. The number of para-hydroxylation sites is 1. The average Bonchev–Trinajstić information content (AvgIpc) is 2.99. The van der Waals surface area contributed by atoms with Crippen molar-refractivity contribution in [2.24, 2.45) is 7.05 Å². The van der Waals surface area contributed by atoms with Crippen LogP contribution < -0.4 is 4.74 Å². The predicted molar refractivity (Wildman–Crippen MR) is 83.2 cm³/mol. The maximum Gasteiger partial charge on any atom is 0.397 e. The van der Waals surface area contributed by atoms with E-state index in [2.05, 4.69) is 10.1 Å². The van der Waals surface area contributed by atoms with Crippen LogP contribution in [0.3, 0.4) is 0 Å². The molecule has 0 bridgehead atoms. The van der Waals surface area contributed by atoms with Crippen molar-refractivity contribution < 1.29 is 9.66 Å². The van der Waals surface area contributed by atoms with E-state index in [0.29, 0.717) is 5.75 Å². The number of aromatic nitrogens is 3. The summed E-state index contributed by atoms with van der Waals surface area (Å²) < 4.78 is 7.35. The Morgan fingerprint density at radius 3 is 2.57 bits per heavy atom. The summed E-state index contributed by atoms with van der Waals surface area (Å²) in [4.78, 5) is 14.9. The van der Waals surface area contributed by atoms with Gasteiger partial charge in [-0.3, -0.25) is 14.8 Å². The Morgan fingerprint density at radius 1 is 1.13 bits per heavy atom. The quantitative estimate of drug-likeness (QED) is 0.411. The van der Waals surface area contributed by atoms with Crippen molar-refractivity contribution in [2.75, 3.05) is 0 Å². The van der Waals surface area contributed by atoms with E-state index in [1.165, 1.54) is 6.20 Å². The number of hydrogen-bond acceptors (Lipinski definition) is 5. The standard InChI is InChI=1S/C16H14N4O3/c1-19-14(9-11-18-19)12-6-2-3-8-15(12)23-16(20(21)22)13-7-4-5-10-17-13/h2-11,16H,1H3. The van der Waals surface area contributed by atoms with Gasteiger partial charge in [0.2, 0.25) is 0 Å². The summed E-state index contributed by atoms with van der Waals surface area (Å²) >= 11 is 0. The van der Waals surface area contributed by atoms with Crippen molar-refractivity contribution in [1.82, 2.24) is 14.8 Å². The monoisotopic (exact) mass is 310 g/mol. The van der Waals surface area contributed by atoms with Gasteiger partial charge in [-0.25, -0.2) is 4.98 Å². The summed E-state index contributed by atoms with van der Waals surface area (Å²) in [5, 5.41) is 15.5. The highest BCUT2D eigenvalue weighted by atomic mass is 16.7. The molecule has 1 unspecified atom stereocenters. The fraction of sp³-hybridized carbons (Fsp3) is 0.125. The molecule has 0 spiro atoms. The molecule has 3 aromatic rings. The molecule has 0 aliphatic heterocycles. The van der Waals surface area contributed by atoms with Gasteiger partial charge in [-0.15, -0.1) is 0 Å². The van der Waals surface area contributed by atoms with Crippen LogP contribution in [0.15, 0.2) is 60.9 Å². The Hall–Kier alpha value is -3.22. The number of nitro groups is 1. The zero-order valence-corrected chi connectivity index (χ0v) is 12.4. The predicted octanol–water partition coefficient (Wildman–Crippen LogP) is 2.84. The molecule has 2 aromatic heterocycles. The van der Waals surface area contributed by atoms with Crippen LogP contribution in [0.1, 0.15) is 11.9 Å². The molecule has 1 aromatic carbocycles. The highest BCUT2D eigenvalue weighted by molar-refractivity contribution is 5.67. The second-order valence-corrected chi connectivity index (χ2v) is 4.85. The van der Waals surface area contributed by atoms with Crippen LogP contribution in [0.5, 0.6) is 5.75 Å². The molecule has 3 rings (SSSR count). The van der Waals surface area contributed by atoms with E-state index in [1.807, 2.05) is 18.2 Å². The number of aryl methyl sites for hydroxylation is 1. The van der Waals surface area contributed by atoms with Crippen LogP contribution in [0, 0.1) is 10.1 Å². The van der Waals surface area contributed by atoms with Gasteiger partial charge < -0.3 is 4.74 Å². The highest BCUT2D eigenvalue weighted by Gasteiger charge is 2.27. The van der Waals surface area contributed by atoms with Crippen LogP contribution in [0.25, 0.3) is 11.3 Å². The van der Waals surface area contributed by atoms with Gasteiger partial charge in [0.05, 0.1) is 10.6 Å². The lowest BCUT2D eigenvalue weighted by atomic mass is 10.1. The van der Waals surface area contributed by atoms with Crippen molar-refractivity contribution in [3.05, 3.63) is 76.7 Å². The fourth-order valence-electron chi connectivity index (χ4n) is 2.27. The Morgan fingerprint density at radius 2 is 1.91 bits per heavy atom. The maximum atomic E-state index is 11.4. The van der Waals surface area contributed by atoms with Gasteiger partial charge in [0.25, 0.3) is 0 Å². The lowest BCUT2D eigenvalue weighted by molar-refractivity contribution is -0.571. The molecule has 0 saturated carbocycles. The first-order chi connectivity index (χ1) is 11.2. The third-order valence-corrected chi connectivity index (χ3v) is 3.35. The Bertz CT molecular complexity index is 817. The topological polar surface area (TPSA) is 83.1 Å². The van der Waals surface area contributed by atoms with Gasteiger partial charge in [0.1, 0.15) is 5.75 Å². The summed E-state index contributed by atoms with van der Waals surface area (Å²) in [6.45, 7) is 0. The molecule has 116 valence electrons. The molecule has 0 saturated heterocycles. The molecule has 0 aliphatic rings. The molecular weight excluding hydrogens is 296 g/mol. The van der Waals surface area contributed by atoms with E-state index < -0.39 is 11.2 Å². The molecule has 23 heavy (non-hydrogen) atoms. The molecule has 0 amide bonds. The second kappa shape index (κ2) is 6.27. The average molecular weight is 310 g/mol. The molecule has 2 heterocycles. The molecule has 0 fully saturated rings. The summed E-state index contributed by atoms with van der Waals surface area (Å²) in [6, 6.07) is 13.9. The van der Waals surface area contributed by atoms with Gasteiger partial charge in [0.15, 0.2) is 5.69 Å². The Kier molecular flexibility index (Phi) is 4.01. The lowest BCUT2D eigenvalue weighted by Crippen LogP contribution is -2.19. The number of nitrogens with zero attached hydrogens (tertiary/aromatic N) is 4. The number of benzene rings is 1. The second-order valence-electron chi connectivity index (χ2n) is 4.85. The Balaban J connectivity index is 1.99. The van der Waals surface area contributed by atoms with Crippen LogP contribution in [0.2, 0.25) is 0 Å². The van der Waals surface area contributed by atoms with E-state index in [-0.39, 0.29) is 5.69 Å². The van der Waals surface area contributed by atoms with Crippen LogP contribution in [-0.2, 0) is 7.05 Å². The lowest BCUT2D eigenvalue weighted by Gasteiger charge is -2.14. The van der Waals surface area contributed by atoms with Crippen molar-refractivity contribution >= 4 is 0 Å². The minimum absolute atomic E-state index is 0.248. The fourth-order valence-corrected chi connectivity index (χ4v) is 2.27. The van der Waals surface area contributed by atoms with E-state index in [9.17, 15) is 10.1 Å². The largest absolute Gasteiger partial charge is 0.425 e. The third-order valence-electron chi connectivity index (χ3n) is 3.35. The van der Waals surface area contributed by atoms with Crippen molar-refractivity contribution in [2.45, 2.75) is 6.23 Å². The van der Waals surface area contributed by atoms with E-state index in [1.54, 1.807) is 48.3 Å². The zero-order valence-electron chi connectivity index (χ0n) is 12.4. The molecular formula is C16H14N4O3. The summed E-state index contributed by atoms with van der Waals surface area (Å²) in [5.74, 6) is 0.406. The Labute approximate surface area is 132 Å². The van der Waals surface area contributed by atoms with Gasteiger partial charge in [0, 0.05) is 25.0 Å². The maximum absolute atomic E-state index is 11.4. The van der Waals surface area contributed by atoms with Crippen molar-refractivity contribution in [3.63, 3.8) is 0 Å². The third kappa shape index (κ3) is 3.03. The van der Waals surface area contributed by atoms with E-state index in [0.717, 1.165) is 11.3 Å². The number of ether oxygens (including phenoxy) is 1. The molecule has 0 radical (unpaired) electrons. The van der Waals surface area contributed by atoms with E-state index >= 15 is 0 Å². The van der Waals surface area contributed by atoms with Gasteiger partial charge in [-0.05, 0) is 30.3 Å². The minimum atomic E-state index is -1.37. The molecule has 0 N–H and O–H groups in total. The van der Waals surface area contributed by atoms with E-state index in [4.69, 9.17) is 4.74 Å². The molecule has 1 atom stereocenters. The first-order valence-electron chi connectivity index (χ1n) is 6.95.